The molecule has 0 fully saturated rings. The lowest BCUT2D eigenvalue weighted by molar-refractivity contribution is 0.0946. The monoisotopic (exact) mass is 378 g/mol. The van der Waals surface area contributed by atoms with Crippen molar-refractivity contribution < 1.29 is 4.79 Å². The van der Waals surface area contributed by atoms with Gasteiger partial charge in [0.1, 0.15) is 10.7 Å². The number of carbonyl (C=O) groups is 1. The van der Waals surface area contributed by atoms with Gasteiger partial charge in [-0.15, -0.1) is 11.3 Å². The molecule has 3 aromatic heterocycles. The summed E-state index contributed by atoms with van der Waals surface area (Å²) in [5.74, 6) is -0.185. The van der Waals surface area contributed by atoms with Gasteiger partial charge < -0.3 is 5.32 Å². The number of aromatic nitrogens is 5. The Labute approximate surface area is 160 Å². The van der Waals surface area contributed by atoms with Gasteiger partial charge in [-0.2, -0.15) is 10.2 Å². The molecule has 1 N–H and O–H groups in total. The summed E-state index contributed by atoms with van der Waals surface area (Å²) in [6.07, 6.45) is 7.30. The molecule has 0 atom stereocenters. The molecule has 1 amide bonds. The smallest absolute Gasteiger partial charge is 0.271 e. The predicted octanol–water partition coefficient (Wildman–Crippen LogP) is 2.72. The summed E-state index contributed by atoms with van der Waals surface area (Å²) in [5.41, 5.74) is 3.51. The molecule has 4 rings (SSSR count). The molecule has 1 aromatic carbocycles. The van der Waals surface area contributed by atoms with Crippen molar-refractivity contribution in [2.45, 2.75) is 13.1 Å². The summed E-state index contributed by atoms with van der Waals surface area (Å²) in [6.45, 7) is 1.11. The minimum Gasteiger partial charge on any atom is -0.347 e. The molecule has 0 aliphatic rings. The van der Waals surface area contributed by atoms with Crippen LogP contribution in [0.5, 0.6) is 0 Å². The fraction of sp³-hybridized carbons (Fsp3) is 0.158. The largest absolute Gasteiger partial charge is 0.347 e. The SMILES string of the molecule is Cn1cc(-c2nc(C(=O)NCc3ccccc3Cn3cccn3)cs2)cn1. The first kappa shape index (κ1) is 17.2. The van der Waals surface area contributed by atoms with E-state index < -0.39 is 0 Å². The maximum absolute atomic E-state index is 12.5. The minimum atomic E-state index is -0.185. The quantitative estimate of drug-likeness (QED) is 0.560. The molecule has 0 spiro atoms. The van der Waals surface area contributed by atoms with Crippen LogP contribution in [0, 0.1) is 0 Å². The van der Waals surface area contributed by atoms with Gasteiger partial charge in [-0.3, -0.25) is 14.2 Å². The Bertz CT molecular complexity index is 1050. The third-order valence-corrected chi connectivity index (χ3v) is 5.03. The van der Waals surface area contributed by atoms with E-state index in [4.69, 9.17) is 0 Å². The fourth-order valence-corrected chi connectivity index (χ4v) is 3.54. The van der Waals surface area contributed by atoms with Crippen LogP contribution in [-0.2, 0) is 20.1 Å². The number of benzene rings is 1. The van der Waals surface area contributed by atoms with Crippen molar-refractivity contribution in [1.29, 1.82) is 0 Å². The Hall–Kier alpha value is -3.26. The summed E-state index contributed by atoms with van der Waals surface area (Å²) in [6, 6.07) is 9.92. The summed E-state index contributed by atoms with van der Waals surface area (Å²) in [5, 5.41) is 13.9. The molecule has 0 unspecified atom stereocenters. The predicted molar refractivity (Wildman–Crippen MR) is 103 cm³/mol. The van der Waals surface area contributed by atoms with E-state index in [-0.39, 0.29) is 5.91 Å². The van der Waals surface area contributed by atoms with Crippen molar-refractivity contribution in [3.63, 3.8) is 0 Å². The van der Waals surface area contributed by atoms with Gasteiger partial charge in [0.2, 0.25) is 0 Å². The van der Waals surface area contributed by atoms with Crippen molar-refractivity contribution in [3.05, 3.63) is 77.3 Å². The maximum atomic E-state index is 12.5. The highest BCUT2D eigenvalue weighted by atomic mass is 32.1. The number of carbonyl (C=O) groups excluding carboxylic acids is 1. The molecule has 0 radical (unpaired) electrons. The van der Waals surface area contributed by atoms with Gasteiger partial charge in [-0.25, -0.2) is 4.98 Å². The summed E-state index contributed by atoms with van der Waals surface area (Å²) < 4.78 is 3.58. The van der Waals surface area contributed by atoms with Gasteiger partial charge >= 0.3 is 0 Å². The Kier molecular flexibility index (Phi) is 4.80. The van der Waals surface area contributed by atoms with Crippen LogP contribution in [0.15, 0.2) is 60.5 Å². The van der Waals surface area contributed by atoms with Crippen molar-refractivity contribution in [3.8, 4) is 10.6 Å². The molecule has 7 nitrogen and oxygen atoms in total. The van der Waals surface area contributed by atoms with Crippen LogP contribution in [0.2, 0.25) is 0 Å². The molecule has 0 bridgehead atoms. The summed E-state index contributed by atoms with van der Waals surface area (Å²) in [7, 11) is 1.85. The number of thiazole rings is 1. The molecule has 0 saturated heterocycles. The number of hydrogen-bond donors (Lipinski definition) is 1. The molecular formula is C19H18N6OS. The highest BCUT2D eigenvalue weighted by Gasteiger charge is 2.13. The molecule has 136 valence electrons. The number of nitrogens with zero attached hydrogens (tertiary/aromatic N) is 5. The van der Waals surface area contributed by atoms with E-state index in [1.807, 2.05) is 54.5 Å². The zero-order chi connectivity index (χ0) is 18.6. The Morgan fingerprint density at radius 3 is 2.78 bits per heavy atom. The second kappa shape index (κ2) is 7.55. The van der Waals surface area contributed by atoms with Crippen molar-refractivity contribution in [2.24, 2.45) is 7.05 Å². The van der Waals surface area contributed by atoms with Crippen molar-refractivity contribution in [1.82, 2.24) is 29.9 Å². The molecule has 0 aliphatic heterocycles. The lowest BCUT2D eigenvalue weighted by atomic mass is 10.1. The van der Waals surface area contributed by atoms with Crippen LogP contribution in [0.3, 0.4) is 0 Å². The van der Waals surface area contributed by atoms with Crippen LogP contribution in [-0.4, -0.2) is 30.5 Å². The van der Waals surface area contributed by atoms with Gasteiger partial charge in [-0.1, -0.05) is 24.3 Å². The Morgan fingerprint density at radius 2 is 2.04 bits per heavy atom. The topological polar surface area (TPSA) is 77.6 Å². The summed E-state index contributed by atoms with van der Waals surface area (Å²) in [4.78, 5) is 16.9. The van der Waals surface area contributed by atoms with E-state index in [2.05, 4.69) is 20.5 Å². The first-order valence-electron chi connectivity index (χ1n) is 8.46. The average molecular weight is 378 g/mol. The molecule has 8 heteroatoms. The number of aryl methyl sites for hydroxylation is 1. The lowest BCUT2D eigenvalue weighted by Gasteiger charge is -2.10. The lowest BCUT2D eigenvalue weighted by Crippen LogP contribution is -2.24. The van der Waals surface area contributed by atoms with Gasteiger partial charge in [0.15, 0.2) is 0 Å². The van der Waals surface area contributed by atoms with Crippen LogP contribution >= 0.6 is 11.3 Å². The number of hydrogen-bond acceptors (Lipinski definition) is 5. The zero-order valence-electron chi connectivity index (χ0n) is 14.7. The molecule has 3 heterocycles. The molecular weight excluding hydrogens is 360 g/mol. The second-order valence-electron chi connectivity index (χ2n) is 6.10. The minimum absolute atomic E-state index is 0.185. The van der Waals surface area contributed by atoms with E-state index in [0.29, 0.717) is 18.8 Å². The third-order valence-electron chi connectivity index (χ3n) is 4.14. The highest BCUT2D eigenvalue weighted by Crippen LogP contribution is 2.23. The summed E-state index contributed by atoms with van der Waals surface area (Å²) >= 11 is 1.44. The van der Waals surface area contributed by atoms with E-state index in [9.17, 15) is 4.79 Å². The third kappa shape index (κ3) is 3.95. The Morgan fingerprint density at radius 1 is 1.19 bits per heavy atom. The van der Waals surface area contributed by atoms with Gasteiger partial charge in [0, 0.05) is 43.1 Å². The van der Waals surface area contributed by atoms with Crippen molar-refractivity contribution in [2.75, 3.05) is 0 Å². The number of amides is 1. The first-order chi connectivity index (χ1) is 13.2. The zero-order valence-corrected chi connectivity index (χ0v) is 15.6. The molecule has 0 saturated carbocycles. The van der Waals surface area contributed by atoms with E-state index in [1.165, 1.54) is 11.3 Å². The van der Waals surface area contributed by atoms with E-state index in [1.54, 1.807) is 22.5 Å². The molecule has 0 aliphatic carbocycles. The van der Waals surface area contributed by atoms with Gasteiger partial charge in [0.25, 0.3) is 5.91 Å². The maximum Gasteiger partial charge on any atom is 0.271 e. The van der Waals surface area contributed by atoms with Crippen LogP contribution in [0.25, 0.3) is 10.6 Å². The molecule has 4 aromatic rings. The fourth-order valence-electron chi connectivity index (χ4n) is 2.76. The Balaban J connectivity index is 1.43. The van der Waals surface area contributed by atoms with Gasteiger partial charge in [0.05, 0.1) is 12.7 Å². The molecule has 27 heavy (non-hydrogen) atoms. The second-order valence-corrected chi connectivity index (χ2v) is 6.95. The van der Waals surface area contributed by atoms with Crippen molar-refractivity contribution >= 4 is 17.2 Å². The van der Waals surface area contributed by atoms with E-state index in [0.717, 1.165) is 21.7 Å². The van der Waals surface area contributed by atoms with Gasteiger partial charge in [-0.05, 0) is 17.2 Å². The van der Waals surface area contributed by atoms with Crippen LogP contribution in [0.1, 0.15) is 21.6 Å². The van der Waals surface area contributed by atoms with E-state index >= 15 is 0 Å². The average Bonchev–Trinajstić information content (AvgIpc) is 3.42. The van der Waals surface area contributed by atoms with Crippen LogP contribution in [0.4, 0.5) is 0 Å². The normalized spacial score (nSPS) is 10.9. The first-order valence-corrected chi connectivity index (χ1v) is 9.34. The number of rotatable bonds is 6. The standard InChI is InChI=1S/C19H18N6OS/c1-24-11-16(10-22-24)19-23-17(13-27-19)18(26)20-9-14-5-2-3-6-15(14)12-25-8-4-7-21-25/h2-8,10-11,13H,9,12H2,1H3,(H,20,26). The van der Waals surface area contributed by atoms with Crippen LogP contribution < -0.4 is 5.32 Å². The number of nitrogens with one attached hydrogen (secondary N) is 1. The highest BCUT2D eigenvalue weighted by molar-refractivity contribution is 7.13.